The number of hydrogen-bond donors (Lipinski definition) is 2. The molecule has 0 saturated carbocycles. The molecule has 0 bridgehead atoms. The third kappa shape index (κ3) is 3.79. The molecule has 5 nitrogen and oxygen atoms in total. The highest BCUT2D eigenvalue weighted by atomic mass is 16.2. The Hall–Kier alpha value is -2.69. The third-order valence-electron chi connectivity index (χ3n) is 4.34. The summed E-state index contributed by atoms with van der Waals surface area (Å²) in [6.07, 6.45) is 3.27. The van der Waals surface area contributed by atoms with Crippen LogP contribution in [0.3, 0.4) is 0 Å². The van der Waals surface area contributed by atoms with Crippen LogP contribution in [0.4, 0.5) is 5.69 Å². The van der Waals surface area contributed by atoms with Gasteiger partial charge in [-0.15, -0.1) is 0 Å². The summed E-state index contributed by atoms with van der Waals surface area (Å²) in [5.74, 6) is -0.213. The molecule has 1 aromatic carbocycles. The van der Waals surface area contributed by atoms with Crippen molar-refractivity contribution < 1.29 is 9.59 Å². The molecule has 1 aliphatic rings. The molecule has 2 unspecified atom stereocenters. The molecule has 2 N–H and O–H groups in total. The fourth-order valence-electron chi connectivity index (χ4n) is 2.97. The second kappa shape index (κ2) is 7.25. The van der Waals surface area contributed by atoms with Crippen LogP contribution in [-0.2, 0) is 16.0 Å². The van der Waals surface area contributed by atoms with Crippen molar-refractivity contribution in [2.24, 2.45) is 5.92 Å². The van der Waals surface area contributed by atoms with Crippen LogP contribution in [0.15, 0.2) is 48.7 Å². The van der Waals surface area contributed by atoms with Gasteiger partial charge in [0.05, 0.1) is 11.7 Å². The smallest absolute Gasteiger partial charge is 0.227 e. The Morgan fingerprint density at radius 2 is 2.08 bits per heavy atom. The number of aromatic nitrogens is 1. The average molecular weight is 323 g/mol. The van der Waals surface area contributed by atoms with E-state index in [1.165, 1.54) is 0 Å². The molecule has 3 rings (SSSR count). The number of benzene rings is 1. The zero-order valence-corrected chi connectivity index (χ0v) is 13.7. The Labute approximate surface area is 141 Å². The highest BCUT2D eigenvalue weighted by molar-refractivity contribution is 5.96. The molecular weight excluding hydrogens is 302 g/mol. The number of carbonyl (C=O) groups excluding carboxylic acids is 2. The van der Waals surface area contributed by atoms with Crippen molar-refractivity contribution in [3.8, 4) is 0 Å². The summed E-state index contributed by atoms with van der Waals surface area (Å²) in [7, 11) is 0. The number of amides is 2. The largest absolute Gasteiger partial charge is 0.348 e. The summed E-state index contributed by atoms with van der Waals surface area (Å²) in [5, 5.41) is 5.86. The number of carbonyl (C=O) groups is 2. The monoisotopic (exact) mass is 323 g/mol. The second-order valence-corrected chi connectivity index (χ2v) is 6.13. The first-order valence-electron chi connectivity index (χ1n) is 8.22. The van der Waals surface area contributed by atoms with E-state index in [2.05, 4.69) is 15.6 Å². The van der Waals surface area contributed by atoms with Gasteiger partial charge >= 0.3 is 0 Å². The van der Waals surface area contributed by atoms with Crippen molar-refractivity contribution in [2.75, 3.05) is 5.32 Å². The molecule has 1 aromatic heterocycles. The zero-order valence-electron chi connectivity index (χ0n) is 13.7. The SMILES string of the molecule is CC(NC(=O)CCC1Cc2ccccc2NC1=O)c1ccccn1. The van der Waals surface area contributed by atoms with Crippen LogP contribution >= 0.6 is 0 Å². The fourth-order valence-corrected chi connectivity index (χ4v) is 2.97. The van der Waals surface area contributed by atoms with E-state index in [0.29, 0.717) is 19.3 Å². The lowest BCUT2D eigenvalue weighted by Crippen LogP contribution is -2.32. The van der Waals surface area contributed by atoms with Gasteiger partial charge in [-0.3, -0.25) is 14.6 Å². The fraction of sp³-hybridized carbons (Fsp3) is 0.316. The van der Waals surface area contributed by atoms with Gasteiger partial charge in [0, 0.05) is 24.2 Å². The maximum absolute atomic E-state index is 12.2. The summed E-state index contributed by atoms with van der Waals surface area (Å²) in [4.78, 5) is 28.6. The number of rotatable bonds is 5. The van der Waals surface area contributed by atoms with Gasteiger partial charge in [0.2, 0.25) is 11.8 Å². The molecule has 24 heavy (non-hydrogen) atoms. The molecule has 0 aliphatic carbocycles. The number of pyridine rings is 1. The van der Waals surface area contributed by atoms with Crippen LogP contribution in [0, 0.1) is 5.92 Å². The standard InChI is InChI=1S/C19H21N3O2/c1-13(16-7-4-5-11-20-16)21-18(23)10-9-15-12-14-6-2-3-8-17(14)22-19(15)24/h2-8,11,13,15H,9-10,12H2,1H3,(H,21,23)(H,22,24). The van der Waals surface area contributed by atoms with E-state index in [0.717, 1.165) is 16.9 Å². The Balaban J connectivity index is 1.52. The Morgan fingerprint density at radius 3 is 2.88 bits per heavy atom. The molecule has 2 amide bonds. The normalized spacial score (nSPS) is 17.5. The summed E-state index contributed by atoms with van der Waals surface area (Å²) >= 11 is 0. The topological polar surface area (TPSA) is 71.1 Å². The van der Waals surface area contributed by atoms with Crippen molar-refractivity contribution in [1.82, 2.24) is 10.3 Å². The van der Waals surface area contributed by atoms with Crippen molar-refractivity contribution in [3.05, 3.63) is 59.9 Å². The molecule has 0 fully saturated rings. The number of nitrogens with zero attached hydrogens (tertiary/aromatic N) is 1. The van der Waals surface area contributed by atoms with Gasteiger partial charge in [-0.05, 0) is 43.5 Å². The molecule has 124 valence electrons. The molecule has 5 heteroatoms. The molecular formula is C19H21N3O2. The van der Waals surface area contributed by atoms with E-state index >= 15 is 0 Å². The first kappa shape index (κ1) is 16.2. The Morgan fingerprint density at radius 1 is 1.29 bits per heavy atom. The molecule has 0 radical (unpaired) electrons. The van der Waals surface area contributed by atoms with E-state index in [4.69, 9.17) is 0 Å². The van der Waals surface area contributed by atoms with E-state index in [1.807, 2.05) is 49.4 Å². The Kier molecular flexibility index (Phi) is 4.89. The molecule has 2 aromatic rings. The van der Waals surface area contributed by atoms with Gasteiger partial charge in [-0.1, -0.05) is 24.3 Å². The minimum Gasteiger partial charge on any atom is -0.348 e. The number of para-hydroxylation sites is 1. The van der Waals surface area contributed by atoms with Gasteiger partial charge < -0.3 is 10.6 Å². The minimum absolute atomic E-state index is 0.000672. The predicted molar refractivity (Wildman–Crippen MR) is 92.3 cm³/mol. The van der Waals surface area contributed by atoms with Crippen molar-refractivity contribution in [1.29, 1.82) is 0 Å². The van der Waals surface area contributed by atoms with E-state index < -0.39 is 0 Å². The van der Waals surface area contributed by atoms with Gasteiger partial charge in [0.15, 0.2) is 0 Å². The molecule has 0 spiro atoms. The minimum atomic E-state index is -0.157. The van der Waals surface area contributed by atoms with Crippen molar-refractivity contribution >= 4 is 17.5 Å². The highest BCUT2D eigenvalue weighted by Crippen LogP contribution is 2.27. The van der Waals surface area contributed by atoms with Crippen LogP contribution in [0.2, 0.25) is 0 Å². The summed E-state index contributed by atoms with van der Waals surface area (Å²) in [6, 6.07) is 13.3. The maximum atomic E-state index is 12.2. The molecule has 0 saturated heterocycles. The number of nitrogens with one attached hydrogen (secondary N) is 2. The van der Waals surface area contributed by atoms with E-state index in [9.17, 15) is 9.59 Å². The number of fused-ring (bicyclic) bond motifs is 1. The van der Waals surface area contributed by atoms with Crippen LogP contribution in [0.1, 0.15) is 37.1 Å². The lowest BCUT2D eigenvalue weighted by atomic mass is 9.89. The molecule has 2 atom stereocenters. The van der Waals surface area contributed by atoms with Gasteiger partial charge in [0.25, 0.3) is 0 Å². The van der Waals surface area contributed by atoms with Crippen LogP contribution in [0.25, 0.3) is 0 Å². The first-order valence-corrected chi connectivity index (χ1v) is 8.22. The maximum Gasteiger partial charge on any atom is 0.227 e. The van der Waals surface area contributed by atoms with Crippen LogP contribution in [0.5, 0.6) is 0 Å². The highest BCUT2D eigenvalue weighted by Gasteiger charge is 2.26. The zero-order chi connectivity index (χ0) is 16.9. The quantitative estimate of drug-likeness (QED) is 0.889. The second-order valence-electron chi connectivity index (χ2n) is 6.13. The molecule has 2 heterocycles. The Bertz CT molecular complexity index is 730. The van der Waals surface area contributed by atoms with Gasteiger partial charge in [-0.2, -0.15) is 0 Å². The van der Waals surface area contributed by atoms with E-state index in [1.54, 1.807) is 6.20 Å². The van der Waals surface area contributed by atoms with Crippen molar-refractivity contribution in [2.45, 2.75) is 32.2 Å². The summed E-state index contributed by atoms with van der Waals surface area (Å²) < 4.78 is 0. The average Bonchev–Trinajstić information content (AvgIpc) is 2.60. The summed E-state index contributed by atoms with van der Waals surface area (Å²) in [5.41, 5.74) is 2.84. The number of hydrogen-bond acceptors (Lipinski definition) is 3. The lowest BCUT2D eigenvalue weighted by Gasteiger charge is -2.24. The molecule has 1 aliphatic heterocycles. The van der Waals surface area contributed by atoms with Crippen molar-refractivity contribution in [3.63, 3.8) is 0 Å². The lowest BCUT2D eigenvalue weighted by molar-refractivity contribution is -0.123. The predicted octanol–water partition coefficient (Wildman–Crippen LogP) is 2.85. The van der Waals surface area contributed by atoms with E-state index in [-0.39, 0.29) is 23.8 Å². The van der Waals surface area contributed by atoms with Gasteiger partial charge in [0.1, 0.15) is 0 Å². The third-order valence-corrected chi connectivity index (χ3v) is 4.34. The first-order chi connectivity index (χ1) is 11.6. The van der Waals surface area contributed by atoms with Gasteiger partial charge in [-0.25, -0.2) is 0 Å². The summed E-state index contributed by atoms with van der Waals surface area (Å²) in [6.45, 7) is 1.91. The number of anilines is 1. The van der Waals surface area contributed by atoms with Crippen LogP contribution in [-0.4, -0.2) is 16.8 Å². The van der Waals surface area contributed by atoms with Crippen LogP contribution < -0.4 is 10.6 Å².